The maximum atomic E-state index is 11.3. The Bertz CT molecular complexity index is 183. The normalized spacial score (nSPS) is 23.2. The molecule has 0 spiro atoms. The van der Waals surface area contributed by atoms with Gasteiger partial charge in [-0.1, -0.05) is 0 Å². The Kier molecular flexibility index (Phi) is 3.62. The first-order chi connectivity index (χ1) is 6.00. The molecule has 0 aliphatic carbocycles. The van der Waals surface area contributed by atoms with Crippen LogP contribution < -0.4 is 5.32 Å². The predicted octanol–water partition coefficient (Wildman–Crippen LogP) is 0.627. The molecular weight excluding hydrogens is 186 g/mol. The highest BCUT2D eigenvalue weighted by molar-refractivity contribution is 7.99. The number of aliphatic hydroxyl groups is 1. The van der Waals surface area contributed by atoms with E-state index < -0.39 is 5.60 Å². The van der Waals surface area contributed by atoms with Crippen molar-refractivity contribution in [1.29, 1.82) is 0 Å². The Hall–Kier alpha value is -0.220. The van der Waals surface area contributed by atoms with Crippen molar-refractivity contribution >= 4 is 17.7 Å². The first kappa shape index (κ1) is 10.9. The van der Waals surface area contributed by atoms with E-state index in [0.29, 0.717) is 12.5 Å². The van der Waals surface area contributed by atoms with E-state index in [4.69, 9.17) is 0 Å². The second-order valence-electron chi connectivity index (χ2n) is 4.00. The van der Waals surface area contributed by atoms with Crippen LogP contribution in [0.1, 0.15) is 20.3 Å². The van der Waals surface area contributed by atoms with E-state index in [0.717, 1.165) is 5.75 Å². The third-order valence-corrected chi connectivity index (χ3v) is 3.36. The maximum Gasteiger partial charge on any atom is 0.251 e. The standard InChI is InChI=1S/C9H17NO2S/c1-9(2,12)8(11)10-5-7-3-4-13-6-7/h7,12H,3-6H2,1-2H3,(H,10,11). The summed E-state index contributed by atoms with van der Waals surface area (Å²) < 4.78 is 0. The summed E-state index contributed by atoms with van der Waals surface area (Å²) in [6, 6.07) is 0. The second kappa shape index (κ2) is 4.33. The van der Waals surface area contributed by atoms with E-state index in [2.05, 4.69) is 5.32 Å². The molecule has 0 aromatic heterocycles. The van der Waals surface area contributed by atoms with Crippen LogP contribution in [0.15, 0.2) is 0 Å². The lowest BCUT2D eigenvalue weighted by molar-refractivity contribution is -0.136. The molecule has 1 unspecified atom stereocenters. The van der Waals surface area contributed by atoms with Gasteiger partial charge >= 0.3 is 0 Å². The topological polar surface area (TPSA) is 49.3 Å². The minimum atomic E-state index is -1.24. The first-order valence-corrected chi connectivity index (χ1v) is 5.74. The molecule has 1 amide bonds. The van der Waals surface area contributed by atoms with Gasteiger partial charge in [0, 0.05) is 6.54 Å². The third kappa shape index (κ3) is 3.56. The Morgan fingerprint density at radius 1 is 1.69 bits per heavy atom. The monoisotopic (exact) mass is 203 g/mol. The smallest absolute Gasteiger partial charge is 0.251 e. The Balaban J connectivity index is 2.22. The fourth-order valence-electron chi connectivity index (χ4n) is 1.20. The molecule has 76 valence electrons. The van der Waals surface area contributed by atoms with Gasteiger partial charge in [0.1, 0.15) is 5.60 Å². The highest BCUT2D eigenvalue weighted by Gasteiger charge is 2.24. The van der Waals surface area contributed by atoms with E-state index >= 15 is 0 Å². The van der Waals surface area contributed by atoms with Crippen LogP contribution in [0.2, 0.25) is 0 Å². The highest BCUT2D eigenvalue weighted by atomic mass is 32.2. The number of amides is 1. The van der Waals surface area contributed by atoms with Gasteiger partial charge in [-0.25, -0.2) is 0 Å². The predicted molar refractivity (Wildman–Crippen MR) is 54.7 cm³/mol. The minimum Gasteiger partial charge on any atom is -0.381 e. The average molecular weight is 203 g/mol. The van der Waals surface area contributed by atoms with Crippen LogP contribution in [0, 0.1) is 5.92 Å². The van der Waals surface area contributed by atoms with Gasteiger partial charge in [0.2, 0.25) is 0 Å². The molecule has 1 aliphatic heterocycles. The lowest BCUT2D eigenvalue weighted by atomic mass is 10.1. The molecule has 1 rings (SSSR count). The maximum absolute atomic E-state index is 11.3. The molecule has 1 fully saturated rings. The van der Waals surface area contributed by atoms with Crippen molar-refractivity contribution in [3.8, 4) is 0 Å². The fourth-order valence-corrected chi connectivity index (χ4v) is 2.48. The van der Waals surface area contributed by atoms with Crippen molar-refractivity contribution in [2.75, 3.05) is 18.1 Å². The van der Waals surface area contributed by atoms with Gasteiger partial charge in [-0.3, -0.25) is 4.79 Å². The summed E-state index contributed by atoms with van der Waals surface area (Å²) in [6.45, 7) is 3.72. The van der Waals surface area contributed by atoms with E-state index in [-0.39, 0.29) is 5.91 Å². The molecule has 1 heterocycles. The van der Waals surface area contributed by atoms with Crippen LogP contribution in [0.25, 0.3) is 0 Å². The first-order valence-electron chi connectivity index (χ1n) is 4.58. The number of rotatable bonds is 3. The summed E-state index contributed by atoms with van der Waals surface area (Å²) in [7, 11) is 0. The van der Waals surface area contributed by atoms with Crippen molar-refractivity contribution in [2.45, 2.75) is 25.9 Å². The molecule has 0 aromatic carbocycles. The summed E-state index contributed by atoms with van der Waals surface area (Å²) in [5.74, 6) is 2.65. The van der Waals surface area contributed by atoms with Crippen molar-refractivity contribution in [2.24, 2.45) is 5.92 Å². The summed E-state index contributed by atoms with van der Waals surface area (Å²) in [4.78, 5) is 11.3. The van der Waals surface area contributed by atoms with Crippen LogP contribution in [-0.2, 0) is 4.79 Å². The van der Waals surface area contributed by atoms with E-state index in [1.165, 1.54) is 26.0 Å². The lowest BCUT2D eigenvalue weighted by Gasteiger charge is -2.18. The third-order valence-electron chi connectivity index (χ3n) is 2.13. The van der Waals surface area contributed by atoms with Gasteiger partial charge in [-0.15, -0.1) is 0 Å². The molecule has 0 bridgehead atoms. The lowest BCUT2D eigenvalue weighted by Crippen LogP contribution is -2.43. The van der Waals surface area contributed by atoms with Gasteiger partial charge in [-0.05, 0) is 37.7 Å². The van der Waals surface area contributed by atoms with Crippen LogP contribution in [0.3, 0.4) is 0 Å². The molecule has 1 aliphatic rings. The van der Waals surface area contributed by atoms with Crippen molar-refractivity contribution in [3.63, 3.8) is 0 Å². The zero-order valence-electron chi connectivity index (χ0n) is 8.17. The van der Waals surface area contributed by atoms with E-state index in [1.54, 1.807) is 0 Å². The summed E-state index contributed by atoms with van der Waals surface area (Å²) >= 11 is 1.93. The molecule has 2 N–H and O–H groups in total. The largest absolute Gasteiger partial charge is 0.381 e. The number of carbonyl (C=O) groups excluding carboxylic acids is 1. The van der Waals surface area contributed by atoms with Crippen molar-refractivity contribution in [3.05, 3.63) is 0 Å². The molecule has 3 nitrogen and oxygen atoms in total. The van der Waals surface area contributed by atoms with Crippen LogP contribution in [0.5, 0.6) is 0 Å². The average Bonchev–Trinajstić information content (AvgIpc) is 2.50. The quantitative estimate of drug-likeness (QED) is 0.707. The Labute approximate surface area is 83.3 Å². The molecule has 0 radical (unpaired) electrons. The van der Waals surface area contributed by atoms with Gasteiger partial charge in [-0.2, -0.15) is 11.8 Å². The zero-order chi connectivity index (χ0) is 9.90. The van der Waals surface area contributed by atoms with Gasteiger partial charge < -0.3 is 10.4 Å². The fraction of sp³-hybridized carbons (Fsp3) is 0.889. The molecule has 0 aromatic rings. The van der Waals surface area contributed by atoms with Crippen molar-refractivity contribution < 1.29 is 9.90 Å². The molecule has 0 saturated carbocycles. The van der Waals surface area contributed by atoms with Gasteiger partial charge in [0.15, 0.2) is 0 Å². The Morgan fingerprint density at radius 2 is 2.38 bits per heavy atom. The van der Waals surface area contributed by atoms with Crippen LogP contribution in [-0.4, -0.2) is 34.7 Å². The van der Waals surface area contributed by atoms with Gasteiger partial charge in [0.25, 0.3) is 5.91 Å². The Morgan fingerprint density at radius 3 is 2.85 bits per heavy atom. The highest BCUT2D eigenvalue weighted by Crippen LogP contribution is 2.22. The SMILES string of the molecule is CC(C)(O)C(=O)NCC1CCSC1. The number of thioether (sulfide) groups is 1. The summed E-state index contributed by atoms with van der Waals surface area (Å²) in [6.07, 6.45) is 1.18. The van der Waals surface area contributed by atoms with Crippen LogP contribution >= 0.6 is 11.8 Å². The number of hydrogen-bond acceptors (Lipinski definition) is 3. The minimum absolute atomic E-state index is 0.274. The van der Waals surface area contributed by atoms with E-state index in [9.17, 15) is 9.90 Å². The molecule has 1 atom stereocenters. The van der Waals surface area contributed by atoms with Gasteiger partial charge in [0.05, 0.1) is 0 Å². The van der Waals surface area contributed by atoms with Crippen LogP contribution in [0.4, 0.5) is 0 Å². The molecular formula is C9H17NO2S. The zero-order valence-corrected chi connectivity index (χ0v) is 8.99. The molecule has 4 heteroatoms. The number of nitrogens with one attached hydrogen (secondary N) is 1. The number of carbonyl (C=O) groups is 1. The molecule has 13 heavy (non-hydrogen) atoms. The van der Waals surface area contributed by atoms with E-state index in [1.807, 2.05) is 11.8 Å². The summed E-state index contributed by atoms with van der Waals surface area (Å²) in [5, 5.41) is 12.1. The number of hydrogen-bond donors (Lipinski definition) is 2. The second-order valence-corrected chi connectivity index (χ2v) is 5.15. The summed E-state index contributed by atoms with van der Waals surface area (Å²) in [5.41, 5.74) is -1.24. The molecule has 1 saturated heterocycles. The van der Waals surface area contributed by atoms with Crippen molar-refractivity contribution in [1.82, 2.24) is 5.32 Å².